The van der Waals surface area contributed by atoms with Gasteiger partial charge in [0.1, 0.15) is 0 Å². The summed E-state index contributed by atoms with van der Waals surface area (Å²) >= 11 is 4.61. The third-order valence-corrected chi connectivity index (χ3v) is 5.77. The molecule has 0 spiro atoms. The maximum absolute atomic E-state index is 12.2. The Kier molecular flexibility index (Phi) is 8.01. The van der Waals surface area contributed by atoms with Crippen LogP contribution in [0.4, 0.5) is 5.69 Å². The maximum atomic E-state index is 12.2. The molecule has 0 aliphatic rings. The minimum Gasteiger partial charge on any atom is -0.479 e. The molecular weight excluding hydrogens is 450 g/mol. The van der Waals surface area contributed by atoms with Gasteiger partial charge in [-0.3, -0.25) is 4.79 Å². The number of nitrogens with one attached hydrogen (secondary N) is 1. The minimum atomic E-state index is -0.578. The Morgan fingerprint density at radius 1 is 1.21 bits per heavy atom. The number of ether oxygens (including phenoxy) is 3. The average Bonchev–Trinajstić information content (AvgIpc) is 3.02. The molecule has 7 nitrogen and oxygen atoms in total. The number of anilines is 1. The van der Waals surface area contributed by atoms with Gasteiger partial charge in [-0.1, -0.05) is 19.1 Å². The van der Waals surface area contributed by atoms with Crippen molar-refractivity contribution in [2.24, 2.45) is 0 Å². The third-order valence-electron chi connectivity index (χ3n) is 3.55. The van der Waals surface area contributed by atoms with E-state index in [0.29, 0.717) is 21.5 Å². The highest BCUT2D eigenvalue weighted by molar-refractivity contribution is 9.10. The zero-order valence-electron chi connectivity index (χ0n) is 15.7. The summed E-state index contributed by atoms with van der Waals surface area (Å²) in [7, 11) is 1.27. The van der Waals surface area contributed by atoms with Gasteiger partial charge >= 0.3 is 11.9 Å². The van der Waals surface area contributed by atoms with Crippen molar-refractivity contribution in [2.75, 3.05) is 25.6 Å². The highest BCUT2D eigenvalue weighted by Gasteiger charge is 2.25. The van der Waals surface area contributed by atoms with Gasteiger partial charge in [0.25, 0.3) is 0 Å². The number of carbonyl (C=O) groups excluding carboxylic acids is 3. The molecule has 0 saturated carbocycles. The lowest BCUT2D eigenvalue weighted by atomic mass is 10.1. The van der Waals surface area contributed by atoms with E-state index in [0.717, 1.165) is 16.9 Å². The van der Waals surface area contributed by atoms with E-state index in [2.05, 4.69) is 21.2 Å². The van der Waals surface area contributed by atoms with E-state index < -0.39 is 11.9 Å². The second kappa shape index (κ2) is 10.2. The normalized spacial score (nSPS) is 10.3. The van der Waals surface area contributed by atoms with E-state index in [1.807, 2.05) is 6.07 Å². The van der Waals surface area contributed by atoms with Gasteiger partial charge in [-0.15, -0.1) is 11.3 Å². The van der Waals surface area contributed by atoms with Crippen LogP contribution in [0.5, 0.6) is 5.75 Å². The van der Waals surface area contributed by atoms with Crippen molar-refractivity contribution in [1.82, 2.24) is 0 Å². The minimum absolute atomic E-state index is 0.101. The Hall–Kier alpha value is -2.39. The van der Waals surface area contributed by atoms with E-state index in [1.165, 1.54) is 7.11 Å². The number of esters is 2. The van der Waals surface area contributed by atoms with Crippen molar-refractivity contribution in [3.63, 3.8) is 0 Å². The molecule has 0 fully saturated rings. The summed E-state index contributed by atoms with van der Waals surface area (Å²) in [5.41, 5.74) is 1.40. The lowest BCUT2D eigenvalue weighted by Crippen LogP contribution is -2.15. The number of benzene rings is 1. The molecule has 2 rings (SSSR count). The fourth-order valence-electron chi connectivity index (χ4n) is 2.26. The molecule has 0 unspecified atom stereocenters. The van der Waals surface area contributed by atoms with Crippen LogP contribution in [-0.4, -0.2) is 38.2 Å². The summed E-state index contributed by atoms with van der Waals surface area (Å²) in [4.78, 5) is 36.3. The van der Waals surface area contributed by atoms with Crippen LogP contribution in [0, 0.1) is 0 Å². The fourth-order valence-corrected chi connectivity index (χ4v) is 4.23. The summed E-state index contributed by atoms with van der Waals surface area (Å²) in [5, 5.41) is 2.80. The van der Waals surface area contributed by atoms with Crippen LogP contribution in [-0.2, 0) is 19.1 Å². The largest absolute Gasteiger partial charge is 0.479 e. The molecule has 1 heterocycles. The van der Waals surface area contributed by atoms with Crippen molar-refractivity contribution in [3.8, 4) is 16.2 Å². The molecule has 0 aliphatic heterocycles. The first-order chi connectivity index (χ1) is 13.4. The standard InChI is InChI=1S/C19H20BrNO6S/c1-4-13(22)21-12-8-6-7-11(9-12)17-15(20)16(18(28-17)19(24)25-3)27-10-14(23)26-5-2/h6-9H,4-5,10H2,1-3H3,(H,21,22). The number of carbonyl (C=O) groups is 3. The number of thiophene rings is 1. The van der Waals surface area contributed by atoms with Crippen molar-refractivity contribution in [2.45, 2.75) is 20.3 Å². The molecule has 0 radical (unpaired) electrons. The summed E-state index contributed by atoms with van der Waals surface area (Å²) < 4.78 is 15.7. The van der Waals surface area contributed by atoms with Crippen LogP contribution in [0.25, 0.3) is 10.4 Å². The number of halogens is 1. The molecule has 0 atom stereocenters. The van der Waals surface area contributed by atoms with Gasteiger partial charge < -0.3 is 19.5 Å². The summed E-state index contributed by atoms with van der Waals surface area (Å²) in [6, 6.07) is 7.20. The van der Waals surface area contributed by atoms with Gasteiger partial charge in [-0.05, 0) is 40.5 Å². The molecule has 1 N–H and O–H groups in total. The van der Waals surface area contributed by atoms with Gasteiger partial charge in [0.2, 0.25) is 5.91 Å². The predicted molar refractivity (Wildman–Crippen MR) is 110 cm³/mol. The summed E-state index contributed by atoms with van der Waals surface area (Å²) in [6.07, 6.45) is 0.366. The van der Waals surface area contributed by atoms with Crippen molar-refractivity contribution in [1.29, 1.82) is 0 Å². The van der Waals surface area contributed by atoms with E-state index in [9.17, 15) is 14.4 Å². The van der Waals surface area contributed by atoms with Crippen molar-refractivity contribution in [3.05, 3.63) is 33.6 Å². The Bertz CT molecular complexity index is 879. The van der Waals surface area contributed by atoms with Crippen LogP contribution < -0.4 is 10.1 Å². The van der Waals surface area contributed by atoms with E-state index in [4.69, 9.17) is 14.2 Å². The molecule has 0 aliphatic carbocycles. The number of hydrogen-bond donors (Lipinski definition) is 1. The first-order valence-electron chi connectivity index (χ1n) is 8.50. The molecule has 1 aromatic heterocycles. The molecule has 1 aromatic carbocycles. The SMILES string of the molecule is CCOC(=O)COc1c(C(=O)OC)sc(-c2cccc(NC(=O)CC)c2)c1Br. The predicted octanol–water partition coefficient (Wildman–Crippen LogP) is 4.25. The zero-order chi connectivity index (χ0) is 20.7. The van der Waals surface area contributed by atoms with Crippen LogP contribution in [0.3, 0.4) is 0 Å². The molecule has 0 saturated heterocycles. The summed E-state index contributed by atoms with van der Waals surface area (Å²) in [6.45, 7) is 3.36. The van der Waals surface area contributed by atoms with Gasteiger partial charge in [-0.2, -0.15) is 0 Å². The Balaban J connectivity index is 2.40. The van der Waals surface area contributed by atoms with Crippen LogP contribution in [0.1, 0.15) is 29.9 Å². The van der Waals surface area contributed by atoms with E-state index in [1.54, 1.807) is 32.0 Å². The van der Waals surface area contributed by atoms with Crippen LogP contribution >= 0.6 is 27.3 Å². The Labute approximate surface area is 175 Å². The second-order valence-corrected chi connectivity index (χ2v) is 7.28. The smallest absolute Gasteiger partial charge is 0.351 e. The first kappa shape index (κ1) is 21.9. The Morgan fingerprint density at radius 2 is 1.96 bits per heavy atom. The Morgan fingerprint density at radius 3 is 2.61 bits per heavy atom. The van der Waals surface area contributed by atoms with E-state index >= 15 is 0 Å². The van der Waals surface area contributed by atoms with E-state index in [-0.39, 0.29) is 29.7 Å². The highest BCUT2D eigenvalue weighted by Crippen LogP contribution is 2.46. The number of amides is 1. The molecule has 9 heteroatoms. The molecule has 0 bridgehead atoms. The second-order valence-electron chi connectivity index (χ2n) is 5.47. The van der Waals surface area contributed by atoms with Crippen LogP contribution in [0.2, 0.25) is 0 Å². The fraction of sp³-hybridized carbons (Fsp3) is 0.316. The number of hydrogen-bond acceptors (Lipinski definition) is 7. The molecule has 2 aromatic rings. The lowest BCUT2D eigenvalue weighted by molar-refractivity contribution is -0.145. The number of methoxy groups -OCH3 is 1. The molecule has 150 valence electrons. The van der Waals surface area contributed by atoms with Crippen LogP contribution in [0.15, 0.2) is 28.7 Å². The molecule has 28 heavy (non-hydrogen) atoms. The van der Waals surface area contributed by atoms with Gasteiger partial charge in [0.15, 0.2) is 17.2 Å². The average molecular weight is 470 g/mol. The zero-order valence-corrected chi connectivity index (χ0v) is 18.1. The maximum Gasteiger partial charge on any atom is 0.351 e. The molecule has 1 amide bonds. The summed E-state index contributed by atoms with van der Waals surface area (Å²) in [5.74, 6) is -1.01. The van der Waals surface area contributed by atoms with Gasteiger partial charge in [0, 0.05) is 12.1 Å². The monoisotopic (exact) mass is 469 g/mol. The number of rotatable bonds is 8. The van der Waals surface area contributed by atoms with Gasteiger partial charge in [0.05, 0.1) is 23.1 Å². The first-order valence-corrected chi connectivity index (χ1v) is 10.1. The van der Waals surface area contributed by atoms with Crippen molar-refractivity contribution < 1.29 is 28.6 Å². The topological polar surface area (TPSA) is 90.9 Å². The highest BCUT2D eigenvalue weighted by atomic mass is 79.9. The molecular formula is C19H20BrNO6S. The lowest BCUT2D eigenvalue weighted by Gasteiger charge is -2.07. The van der Waals surface area contributed by atoms with Crippen molar-refractivity contribution >= 4 is 50.8 Å². The van der Waals surface area contributed by atoms with Gasteiger partial charge in [-0.25, -0.2) is 9.59 Å². The quantitative estimate of drug-likeness (QED) is 0.580. The third kappa shape index (κ3) is 5.32.